The number of hydrogen-bond acceptors (Lipinski definition) is 3. The Hall–Kier alpha value is -0.0300. The van der Waals surface area contributed by atoms with Crippen LogP contribution in [0.15, 0.2) is 0 Å². The van der Waals surface area contributed by atoms with Crippen molar-refractivity contribution in [2.75, 3.05) is 0 Å². The van der Waals surface area contributed by atoms with E-state index in [1.54, 1.807) is 0 Å². The summed E-state index contributed by atoms with van der Waals surface area (Å²) in [4.78, 5) is 45.0. The largest absolute Gasteiger partial charge is 0.340 e. The zero-order chi connectivity index (χ0) is 11.6. The minimum Gasteiger partial charge on any atom is -0.324 e. The van der Waals surface area contributed by atoms with Crippen LogP contribution in [0.3, 0.4) is 0 Å². The maximum Gasteiger partial charge on any atom is 0.340 e. The Morgan fingerprint density at radius 2 is 1.50 bits per heavy atom. The summed E-state index contributed by atoms with van der Waals surface area (Å²) in [5.74, 6) is -0.378. The molecule has 4 N–H and O–H groups in total. The highest BCUT2D eigenvalue weighted by Crippen LogP contribution is 2.61. The smallest absolute Gasteiger partial charge is 0.324 e. The van der Waals surface area contributed by atoms with Crippen LogP contribution in [0.5, 0.6) is 0 Å². The Morgan fingerprint density at radius 3 is 1.71 bits per heavy atom. The summed E-state index contributed by atoms with van der Waals surface area (Å²) < 4.78 is 21.4. The summed E-state index contributed by atoms with van der Waals surface area (Å²) in [6, 6.07) is 0. The molecule has 9 heteroatoms. The van der Waals surface area contributed by atoms with Gasteiger partial charge in [0.2, 0.25) is 0 Å². The van der Waals surface area contributed by atoms with E-state index in [-0.39, 0.29) is 12.2 Å². The number of carbonyl (C=O) groups excluding carboxylic acids is 1. The van der Waals surface area contributed by atoms with Gasteiger partial charge in [-0.2, -0.15) is 0 Å². The molecule has 0 fully saturated rings. The van der Waals surface area contributed by atoms with Crippen molar-refractivity contribution in [2.24, 2.45) is 0 Å². The van der Waals surface area contributed by atoms with Gasteiger partial charge in [0.25, 0.3) is 0 Å². The Morgan fingerprint density at radius 1 is 1.14 bits per heavy atom. The summed E-state index contributed by atoms with van der Waals surface area (Å²) in [7, 11) is -9.74. The molecular formula is C5H12O7P2. The molecule has 0 amide bonds. The predicted molar refractivity (Wildman–Crippen MR) is 47.8 cm³/mol. The molecule has 0 spiro atoms. The van der Waals surface area contributed by atoms with E-state index >= 15 is 0 Å². The zero-order valence-electron chi connectivity index (χ0n) is 7.40. The first-order valence-corrected chi connectivity index (χ1v) is 7.01. The topological polar surface area (TPSA) is 132 Å². The molecule has 0 saturated carbocycles. The van der Waals surface area contributed by atoms with Crippen LogP contribution >= 0.6 is 15.2 Å². The van der Waals surface area contributed by atoms with Crippen LogP contribution in [0.25, 0.3) is 0 Å². The van der Waals surface area contributed by atoms with Gasteiger partial charge in [-0.1, -0.05) is 0 Å². The first-order chi connectivity index (χ1) is 6.05. The number of hydrogen-bond donors (Lipinski definition) is 4. The SMILES string of the molecule is CC(=O)CCC(P(=O)(O)O)P(=O)(O)O. The van der Waals surface area contributed by atoms with Gasteiger partial charge in [0.15, 0.2) is 5.40 Å². The summed E-state index contributed by atoms with van der Waals surface area (Å²) in [6.07, 6.45) is -0.773. The van der Waals surface area contributed by atoms with Crippen molar-refractivity contribution in [2.45, 2.75) is 25.2 Å². The Balaban J connectivity index is 4.69. The summed E-state index contributed by atoms with van der Waals surface area (Å²) in [6.45, 7) is 1.18. The summed E-state index contributed by atoms with van der Waals surface area (Å²) >= 11 is 0. The van der Waals surface area contributed by atoms with Gasteiger partial charge in [-0.05, 0) is 13.3 Å². The van der Waals surface area contributed by atoms with Crippen molar-refractivity contribution >= 4 is 21.0 Å². The molecular weight excluding hydrogens is 234 g/mol. The maximum absolute atomic E-state index is 10.7. The first kappa shape index (κ1) is 14.0. The highest BCUT2D eigenvalue weighted by Gasteiger charge is 2.42. The van der Waals surface area contributed by atoms with Gasteiger partial charge in [0, 0.05) is 6.42 Å². The lowest BCUT2D eigenvalue weighted by Crippen LogP contribution is -2.10. The standard InChI is InChI=1S/C5H12O7P2/c1-4(6)2-3-5(13(7,8)9)14(10,11)12/h5H,2-3H2,1H3,(H2,7,8,9)(H2,10,11,12). The van der Waals surface area contributed by atoms with Gasteiger partial charge in [0.1, 0.15) is 5.78 Å². The lowest BCUT2D eigenvalue weighted by Gasteiger charge is -2.18. The molecule has 0 aromatic carbocycles. The normalized spacial score (nSPS) is 13.3. The Kier molecular flexibility index (Phi) is 4.65. The second-order valence-corrected chi connectivity index (χ2v) is 6.91. The molecule has 0 radical (unpaired) electrons. The molecule has 0 unspecified atom stereocenters. The van der Waals surface area contributed by atoms with Crippen molar-refractivity contribution in [3.8, 4) is 0 Å². The van der Waals surface area contributed by atoms with Crippen molar-refractivity contribution in [3.63, 3.8) is 0 Å². The van der Waals surface area contributed by atoms with Gasteiger partial charge in [-0.3, -0.25) is 9.13 Å². The molecule has 0 aliphatic heterocycles. The molecule has 0 aliphatic carbocycles. The van der Waals surface area contributed by atoms with Crippen LogP contribution in [0.1, 0.15) is 19.8 Å². The Bertz CT molecular complexity index is 277. The monoisotopic (exact) mass is 246 g/mol. The quantitative estimate of drug-likeness (QED) is 0.503. The first-order valence-electron chi connectivity index (χ1n) is 3.65. The molecule has 0 aromatic rings. The third-order valence-electron chi connectivity index (χ3n) is 1.53. The molecule has 0 bridgehead atoms. The van der Waals surface area contributed by atoms with E-state index in [1.807, 2.05) is 0 Å². The van der Waals surface area contributed by atoms with Crippen molar-refractivity contribution in [1.82, 2.24) is 0 Å². The molecule has 0 atom stereocenters. The third kappa shape index (κ3) is 5.00. The zero-order valence-corrected chi connectivity index (χ0v) is 9.19. The fourth-order valence-corrected chi connectivity index (χ4v) is 3.36. The highest BCUT2D eigenvalue weighted by atomic mass is 31.2. The van der Waals surface area contributed by atoms with Crippen LogP contribution in [0, 0.1) is 0 Å². The average molecular weight is 246 g/mol. The lowest BCUT2D eigenvalue weighted by atomic mass is 10.2. The predicted octanol–water partition coefficient (Wildman–Crippen LogP) is 0.0371. The summed E-state index contributed by atoms with van der Waals surface area (Å²) in [5, 5.41) is -2.07. The number of ketones is 1. The lowest BCUT2D eigenvalue weighted by molar-refractivity contribution is -0.117. The average Bonchev–Trinajstić information content (AvgIpc) is 1.78. The molecule has 0 heterocycles. The van der Waals surface area contributed by atoms with Crippen LogP contribution in [0.2, 0.25) is 0 Å². The maximum atomic E-state index is 10.7. The third-order valence-corrected chi connectivity index (χ3v) is 5.41. The minimum absolute atomic E-state index is 0.263. The van der Waals surface area contributed by atoms with Crippen LogP contribution in [-0.4, -0.2) is 30.8 Å². The van der Waals surface area contributed by atoms with E-state index < -0.39 is 27.0 Å². The van der Waals surface area contributed by atoms with Crippen molar-refractivity contribution in [3.05, 3.63) is 0 Å². The molecule has 0 saturated heterocycles. The fourth-order valence-electron chi connectivity index (χ4n) is 0.865. The van der Waals surface area contributed by atoms with Crippen LogP contribution in [-0.2, 0) is 13.9 Å². The van der Waals surface area contributed by atoms with Gasteiger partial charge < -0.3 is 24.4 Å². The molecule has 7 nitrogen and oxygen atoms in total. The van der Waals surface area contributed by atoms with Crippen LogP contribution < -0.4 is 0 Å². The number of Topliss-reactive ketones (excluding diaryl/α,β-unsaturated/α-hetero) is 1. The van der Waals surface area contributed by atoms with Gasteiger partial charge >= 0.3 is 15.2 Å². The molecule has 84 valence electrons. The van der Waals surface area contributed by atoms with E-state index in [1.165, 1.54) is 6.92 Å². The van der Waals surface area contributed by atoms with E-state index in [9.17, 15) is 13.9 Å². The van der Waals surface area contributed by atoms with E-state index in [0.717, 1.165) is 0 Å². The van der Waals surface area contributed by atoms with Crippen molar-refractivity contribution < 1.29 is 33.5 Å². The van der Waals surface area contributed by atoms with Gasteiger partial charge in [-0.15, -0.1) is 0 Å². The van der Waals surface area contributed by atoms with Gasteiger partial charge in [-0.25, -0.2) is 0 Å². The number of carbonyl (C=O) groups is 1. The Labute approximate surface area is 80.5 Å². The van der Waals surface area contributed by atoms with E-state index in [2.05, 4.69) is 0 Å². The molecule has 0 aliphatic rings. The highest BCUT2D eigenvalue weighted by molar-refractivity contribution is 7.70. The second-order valence-electron chi connectivity index (χ2n) is 2.90. The molecule has 0 aromatic heterocycles. The van der Waals surface area contributed by atoms with Crippen molar-refractivity contribution in [1.29, 1.82) is 0 Å². The second kappa shape index (κ2) is 4.66. The van der Waals surface area contributed by atoms with E-state index in [0.29, 0.717) is 0 Å². The van der Waals surface area contributed by atoms with Crippen LogP contribution in [0.4, 0.5) is 0 Å². The molecule has 0 rings (SSSR count). The summed E-state index contributed by atoms with van der Waals surface area (Å²) in [5.41, 5.74) is 0. The fraction of sp³-hybridized carbons (Fsp3) is 0.800. The van der Waals surface area contributed by atoms with E-state index in [4.69, 9.17) is 19.6 Å². The molecule has 14 heavy (non-hydrogen) atoms. The van der Waals surface area contributed by atoms with Gasteiger partial charge in [0.05, 0.1) is 0 Å². The minimum atomic E-state index is -4.87. The number of rotatable bonds is 5.